The Balaban J connectivity index is 2.04. The van der Waals surface area contributed by atoms with E-state index < -0.39 is 5.60 Å². The van der Waals surface area contributed by atoms with Crippen LogP contribution >= 0.6 is 0 Å². The highest BCUT2D eigenvalue weighted by atomic mass is 16.4. The maximum Gasteiger partial charge on any atom is 0.229 e. The molecule has 1 aliphatic rings. The number of carbonyl (C=O) groups excluding carboxylic acids is 1. The molecule has 1 aromatic carbocycles. The summed E-state index contributed by atoms with van der Waals surface area (Å²) in [6, 6.07) is 7.54. The fourth-order valence-electron chi connectivity index (χ4n) is 2.74. The Kier molecular flexibility index (Phi) is 2.52. The first-order valence-electron chi connectivity index (χ1n) is 6.36. The van der Waals surface area contributed by atoms with Gasteiger partial charge in [-0.2, -0.15) is 0 Å². The SMILES string of the molecule is Cc1cccc2cc(C(=O)C3(O)CCCC3)oc12. The van der Waals surface area contributed by atoms with Gasteiger partial charge in [0.05, 0.1) is 0 Å². The number of Topliss-reactive ketones (excluding diaryl/α,β-unsaturated/α-hetero) is 1. The molecule has 1 saturated carbocycles. The molecular formula is C15H16O3. The van der Waals surface area contributed by atoms with Crippen LogP contribution in [0.2, 0.25) is 0 Å². The van der Waals surface area contributed by atoms with E-state index in [-0.39, 0.29) is 11.5 Å². The fourth-order valence-corrected chi connectivity index (χ4v) is 2.74. The van der Waals surface area contributed by atoms with Crippen LogP contribution in [-0.2, 0) is 0 Å². The van der Waals surface area contributed by atoms with Gasteiger partial charge in [0, 0.05) is 5.39 Å². The first-order valence-corrected chi connectivity index (χ1v) is 6.36. The summed E-state index contributed by atoms with van der Waals surface area (Å²) in [6.45, 7) is 1.95. The number of ketones is 1. The van der Waals surface area contributed by atoms with Crippen LogP contribution < -0.4 is 0 Å². The van der Waals surface area contributed by atoms with E-state index in [1.807, 2.05) is 25.1 Å². The van der Waals surface area contributed by atoms with E-state index in [4.69, 9.17) is 4.42 Å². The van der Waals surface area contributed by atoms with Crippen LogP contribution in [0.4, 0.5) is 0 Å². The lowest BCUT2D eigenvalue weighted by atomic mass is 9.95. The van der Waals surface area contributed by atoms with Gasteiger partial charge in [-0.05, 0) is 44.2 Å². The number of benzene rings is 1. The van der Waals surface area contributed by atoms with Crippen molar-refractivity contribution in [3.05, 3.63) is 35.6 Å². The van der Waals surface area contributed by atoms with E-state index in [1.165, 1.54) is 0 Å². The number of para-hydroxylation sites is 1. The molecule has 1 N–H and O–H groups in total. The van der Waals surface area contributed by atoms with Crippen molar-refractivity contribution in [3.8, 4) is 0 Å². The Morgan fingerprint density at radius 1 is 1.33 bits per heavy atom. The fraction of sp³-hybridized carbons (Fsp3) is 0.400. The number of rotatable bonds is 2. The molecule has 0 amide bonds. The number of carbonyl (C=O) groups is 1. The lowest BCUT2D eigenvalue weighted by Gasteiger charge is -2.18. The molecule has 0 radical (unpaired) electrons. The molecule has 3 heteroatoms. The molecule has 0 aliphatic heterocycles. The third-order valence-electron chi connectivity index (χ3n) is 3.82. The van der Waals surface area contributed by atoms with Crippen molar-refractivity contribution in [2.75, 3.05) is 0 Å². The summed E-state index contributed by atoms with van der Waals surface area (Å²) in [5.41, 5.74) is 0.536. The molecule has 3 rings (SSSR count). The zero-order valence-corrected chi connectivity index (χ0v) is 10.4. The maximum atomic E-state index is 12.3. The lowest BCUT2D eigenvalue weighted by molar-refractivity contribution is 0.0328. The zero-order chi connectivity index (χ0) is 12.8. The van der Waals surface area contributed by atoms with Gasteiger partial charge in [0.2, 0.25) is 5.78 Å². The van der Waals surface area contributed by atoms with Gasteiger partial charge >= 0.3 is 0 Å². The van der Waals surface area contributed by atoms with E-state index in [0.717, 1.165) is 29.4 Å². The summed E-state index contributed by atoms with van der Waals surface area (Å²) in [4.78, 5) is 12.3. The molecule has 1 aromatic heterocycles. The van der Waals surface area contributed by atoms with Crippen molar-refractivity contribution in [1.82, 2.24) is 0 Å². The third kappa shape index (κ3) is 1.66. The highest BCUT2D eigenvalue weighted by Gasteiger charge is 2.40. The molecule has 3 nitrogen and oxygen atoms in total. The van der Waals surface area contributed by atoms with Gasteiger partial charge in [0.15, 0.2) is 5.76 Å². The monoisotopic (exact) mass is 244 g/mol. The van der Waals surface area contributed by atoms with Gasteiger partial charge in [-0.25, -0.2) is 0 Å². The Morgan fingerprint density at radius 3 is 2.72 bits per heavy atom. The van der Waals surface area contributed by atoms with Gasteiger partial charge in [-0.1, -0.05) is 18.2 Å². The van der Waals surface area contributed by atoms with Crippen LogP contribution in [0.25, 0.3) is 11.0 Å². The van der Waals surface area contributed by atoms with Crippen LogP contribution in [0.1, 0.15) is 41.8 Å². The molecule has 0 saturated heterocycles. The number of hydrogen-bond donors (Lipinski definition) is 1. The summed E-state index contributed by atoms with van der Waals surface area (Å²) in [7, 11) is 0. The van der Waals surface area contributed by atoms with Gasteiger partial charge in [0.25, 0.3) is 0 Å². The standard InChI is InChI=1S/C15H16O3/c1-10-5-4-6-11-9-12(18-13(10)11)14(16)15(17)7-2-3-8-15/h4-6,9,17H,2-3,7-8H2,1H3. The second-order valence-corrected chi connectivity index (χ2v) is 5.17. The smallest absolute Gasteiger partial charge is 0.229 e. The first-order chi connectivity index (χ1) is 8.60. The van der Waals surface area contributed by atoms with Crippen LogP contribution in [0.5, 0.6) is 0 Å². The topological polar surface area (TPSA) is 50.4 Å². The van der Waals surface area contributed by atoms with E-state index in [0.29, 0.717) is 12.8 Å². The van der Waals surface area contributed by atoms with Crippen molar-refractivity contribution >= 4 is 16.8 Å². The van der Waals surface area contributed by atoms with Crippen molar-refractivity contribution in [3.63, 3.8) is 0 Å². The average Bonchev–Trinajstić information content (AvgIpc) is 2.96. The molecule has 2 aromatic rings. The zero-order valence-electron chi connectivity index (χ0n) is 10.4. The second kappa shape index (κ2) is 3.95. The summed E-state index contributed by atoms with van der Waals surface area (Å²) in [5, 5.41) is 11.2. The average molecular weight is 244 g/mol. The maximum absolute atomic E-state index is 12.3. The number of furan rings is 1. The van der Waals surface area contributed by atoms with Crippen molar-refractivity contribution in [1.29, 1.82) is 0 Å². The normalized spacial score (nSPS) is 18.3. The molecular weight excluding hydrogens is 228 g/mol. The number of aliphatic hydroxyl groups is 1. The Morgan fingerprint density at radius 2 is 2.06 bits per heavy atom. The third-order valence-corrected chi connectivity index (χ3v) is 3.82. The molecule has 1 fully saturated rings. The Bertz CT molecular complexity index is 603. The predicted octanol–water partition coefficient (Wildman–Crippen LogP) is 3.23. The number of aryl methyl sites for hydroxylation is 1. The van der Waals surface area contributed by atoms with Crippen LogP contribution in [0.15, 0.2) is 28.7 Å². The minimum atomic E-state index is -1.21. The highest BCUT2D eigenvalue weighted by Crippen LogP contribution is 2.34. The summed E-state index contributed by atoms with van der Waals surface area (Å²) < 4.78 is 5.63. The first kappa shape index (κ1) is 11.5. The minimum Gasteiger partial charge on any atom is -0.453 e. The molecule has 94 valence electrons. The number of hydrogen-bond acceptors (Lipinski definition) is 3. The minimum absolute atomic E-state index is 0.268. The quantitative estimate of drug-likeness (QED) is 0.825. The number of fused-ring (bicyclic) bond motifs is 1. The molecule has 1 heterocycles. The van der Waals surface area contributed by atoms with Gasteiger partial charge in [-0.15, -0.1) is 0 Å². The van der Waals surface area contributed by atoms with E-state index >= 15 is 0 Å². The summed E-state index contributed by atoms with van der Waals surface area (Å²) in [6.07, 6.45) is 2.90. The molecule has 0 unspecified atom stereocenters. The van der Waals surface area contributed by atoms with Crippen molar-refractivity contribution < 1.29 is 14.3 Å². The van der Waals surface area contributed by atoms with Crippen molar-refractivity contribution in [2.24, 2.45) is 0 Å². The molecule has 0 atom stereocenters. The highest BCUT2D eigenvalue weighted by molar-refractivity contribution is 6.03. The van der Waals surface area contributed by atoms with Gasteiger partial charge < -0.3 is 9.52 Å². The van der Waals surface area contributed by atoms with E-state index in [9.17, 15) is 9.90 Å². The Labute approximate surface area is 105 Å². The van der Waals surface area contributed by atoms with Gasteiger partial charge in [-0.3, -0.25) is 4.79 Å². The largest absolute Gasteiger partial charge is 0.453 e. The predicted molar refractivity (Wildman–Crippen MR) is 68.7 cm³/mol. The summed E-state index contributed by atoms with van der Waals surface area (Å²) >= 11 is 0. The Hall–Kier alpha value is -1.61. The molecule has 1 aliphatic carbocycles. The van der Waals surface area contributed by atoms with Crippen LogP contribution in [0.3, 0.4) is 0 Å². The van der Waals surface area contributed by atoms with Crippen LogP contribution in [-0.4, -0.2) is 16.5 Å². The molecule has 0 bridgehead atoms. The van der Waals surface area contributed by atoms with Gasteiger partial charge in [0.1, 0.15) is 11.2 Å². The second-order valence-electron chi connectivity index (χ2n) is 5.17. The van der Waals surface area contributed by atoms with Crippen molar-refractivity contribution in [2.45, 2.75) is 38.2 Å². The van der Waals surface area contributed by atoms with Crippen LogP contribution in [0, 0.1) is 6.92 Å². The van der Waals surface area contributed by atoms with E-state index in [1.54, 1.807) is 6.07 Å². The summed E-state index contributed by atoms with van der Waals surface area (Å²) in [5.74, 6) is 0.0132. The molecule has 0 spiro atoms. The van der Waals surface area contributed by atoms with E-state index in [2.05, 4.69) is 0 Å². The molecule has 18 heavy (non-hydrogen) atoms. The lowest BCUT2D eigenvalue weighted by Crippen LogP contribution is -2.34.